The number of hydrogen-bond acceptors (Lipinski definition) is 2. The van der Waals surface area contributed by atoms with Crippen molar-refractivity contribution in [3.8, 4) is 0 Å². The van der Waals surface area contributed by atoms with Crippen LogP contribution in [0.2, 0.25) is 0 Å². The number of benzene rings is 2. The topological polar surface area (TPSA) is 26.0 Å². The van der Waals surface area contributed by atoms with Crippen LogP contribution in [0.4, 0.5) is 4.39 Å². The Kier molecular flexibility index (Phi) is 5.21. The molecule has 20 heavy (non-hydrogen) atoms. The van der Waals surface area contributed by atoms with Gasteiger partial charge >= 0.3 is 0 Å². The van der Waals surface area contributed by atoms with Gasteiger partial charge in [-0.3, -0.25) is 0 Å². The van der Waals surface area contributed by atoms with Gasteiger partial charge in [-0.2, -0.15) is 0 Å². The molecular formula is C17H20FNS. The highest BCUT2D eigenvalue weighted by atomic mass is 32.2. The SMILES string of the molecule is CC(C)c1ccc(Sc2c(F)cccc2CCN)cc1. The Balaban J connectivity index is 2.25. The van der Waals surface area contributed by atoms with Crippen molar-refractivity contribution >= 4 is 11.8 Å². The van der Waals surface area contributed by atoms with Crippen LogP contribution in [0.3, 0.4) is 0 Å². The molecular weight excluding hydrogens is 269 g/mol. The maximum absolute atomic E-state index is 14.0. The molecule has 0 atom stereocenters. The van der Waals surface area contributed by atoms with Crippen molar-refractivity contribution in [2.45, 2.75) is 36.0 Å². The molecule has 0 fully saturated rings. The lowest BCUT2D eigenvalue weighted by Gasteiger charge is -2.11. The molecule has 0 aliphatic heterocycles. The normalized spacial score (nSPS) is 11.1. The minimum Gasteiger partial charge on any atom is -0.330 e. The fourth-order valence-electron chi connectivity index (χ4n) is 2.06. The third-order valence-electron chi connectivity index (χ3n) is 3.23. The third kappa shape index (κ3) is 3.62. The summed E-state index contributed by atoms with van der Waals surface area (Å²) in [7, 11) is 0. The molecule has 1 nitrogen and oxygen atoms in total. The van der Waals surface area contributed by atoms with Crippen molar-refractivity contribution in [3.05, 3.63) is 59.4 Å². The molecule has 2 rings (SSSR count). The van der Waals surface area contributed by atoms with Crippen molar-refractivity contribution in [1.29, 1.82) is 0 Å². The first-order chi connectivity index (χ1) is 9.61. The van der Waals surface area contributed by atoms with Crippen molar-refractivity contribution in [3.63, 3.8) is 0 Å². The summed E-state index contributed by atoms with van der Waals surface area (Å²) in [4.78, 5) is 1.74. The third-order valence-corrected chi connectivity index (χ3v) is 4.40. The van der Waals surface area contributed by atoms with E-state index < -0.39 is 0 Å². The highest BCUT2D eigenvalue weighted by Gasteiger charge is 2.10. The van der Waals surface area contributed by atoms with Gasteiger partial charge in [0.25, 0.3) is 0 Å². The van der Waals surface area contributed by atoms with E-state index in [1.807, 2.05) is 6.07 Å². The zero-order chi connectivity index (χ0) is 14.5. The monoisotopic (exact) mass is 289 g/mol. The van der Waals surface area contributed by atoms with E-state index in [0.717, 1.165) is 10.5 Å². The molecule has 2 aromatic rings. The number of nitrogens with two attached hydrogens (primary N) is 1. The smallest absolute Gasteiger partial charge is 0.137 e. The van der Waals surface area contributed by atoms with Crippen molar-refractivity contribution < 1.29 is 4.39 Å². The molecule has 0 heterocycles. The quantitative estimate of drug-likeness (QED) is 0.870. The summed E-state index contributed by atoms with van der Waals surface area (Å²) in [5, 5.41) is 0. The Morgan fingerprint density at radius 3 is 2.40 bits per heavy atom. The van der Waals surface area contributed by atoms with Gasteiger partial charge in [-0.15, -0.1) is 0 Å². The van der Waals surface area contributed by atoms with Gasteiger partial charge < -0.3 is 5.73 Å². The summed E-state index contributed by atoms with van der Waals surface area (Å²) in [6.07, 6.45) is 0.699. The lowest BCUT2D eigenvalue weighted by atomic mass is 10.0. The predicted molar refractivity (Wildman–Crippen MR) is 83.8 cm³/mol. The second kappa shape index (κ2) is 6.91. The molecule has 0 saturated carbocycles. The summed E-state index contributed by atoms with van der Waals surface area (Å²) in [6.45, 7) is 4.86. The first-order valence-corrected chi connectivity index (χ1v) is 7.68. The second-order valence-electron chi connectivity index (χ2n) is 5.09. The minimum atomic E-state index is -0.172. The Morgan fingerprint density at radius 2 is 1.80 bits per heavy atom. The maximum Gasteiger partial charge on any atom is 0.137 e. The van der Waals surface area contributed by atoms with E-state index in [2.05, 4.69) is 38.1 Å². The van der Waals surface area contributed by atoms with Crippen LogP contribution in [0.5, 0.6) is 0 Å². The Hall–Kier alpha value is -1.32. The van der Waals surface area contributed by atoms with Gasteiger partial charge in [0.1, 0.15) is 5.82 Å². The van der Waals surface area contributed by atoms with E-state index >= 15 is 0 Å². The average molecular weight is 289 g/mol. The Labute approximate surface area is 124 Å². The summed E-state index contributed by atoms with van der Waals surface area (Å²) >= 11 is 1.47. The molecule has 0 aromatic heterocycles. The van der Waals surface area contributed by atoms with E-state index in [0.29, 0.717) is 23.8 Å². The standard InChI is InChI=1S/C17H20FNS/c1-12(2)13-6-8-15(9-7-13)20-17-14(10-11-19)4-3-5-16(17)18/h3-9,12H,10-11,19H2,1-2H3. The van der Waals surface area contributed by atoms with Gasteiger partial charge in [0.05, 0.1) is 4.90 Å². The zero-order valence-electron chi connectivity index (χ0n) is 11.9. The molecule has 0 amide bonds. The molecule has 0 unspecified atom stereocenters. The van der Waals surface area contributed by atoms with Crippen LogP contribution in [-0.2, 0) is 6.42 Å². The Bertz CT molecular complexity index is 564. The first-order valence-electron chi connectivity index (χ1n) is 6.87. The largest absolute Gasteiger partial charge is 0.330 e. The van der Waals surface area contributed by atoms with Gasteiger partial charge in [0.2, 0.25) is 0 Å². The van der Waals surface area contributed by atoms with E-state index in [1.165, 1.54) is 23.4 Å². The van der Waals surface area contributed by atoms with Crippen LogP contribution in [0.15, 0.2) is 52.3 Å². The molecule has 106 valence electrons. The molecule has 0 radical (unpaired) electrons. The minimum absolute atomic E-state index is 0.172. The summed E-state index contributed by atoms with van der Waals surface area (Å²) < 4.78 is 14.0. The fourth-order valence-corrected chi connectivity index (χ4v) is 3.03. The number of hydrogen-bond donors (Lipinski definition) is 1. The average Bonchev–Trinajstić information content (AvgIpc) is 2.43. The van der Waals surface area contributed by atoms with Gasteiger partial charge in [-0.1, -0.05) is 49.9 Å². The predicted octanol–water partition coefficient (Wildman–Crippen LogP) is 4.60. The lowest BCUT2D eigenvalue weighted by Crippen LogP contribution is -2.04. The van der Waals surface area contributed by atoms with E-state index in [-0.39, 0.29) is 5.82 Å². The van der Waals surface area contributed by atoms with Gasteiger partial charge in [0.15, 0.2) is 0 Å². The van der Waals surface area contributed by atoms with Crippen LogP contribution in [0.1, 0.15) is 30.9 Å². The van der Waals surface area contributed by atoms with Crippen LogP contribution >= 0.6 is 11.8 Å². The van der Waals surface area contributed by atoms with Gasteiger partial charge in [0, 0.05) is 4.90 Å². The number of halogens is 1. The lowest BCUT2D eigenvalue weighted by molar-refractivity contribution is 0.597. The molecule has 3 heteroatoms. The highest BCUT2D eigenvalue weighted by Crippen LogP contribution is 2.33. The van der Waals surface area contributed by atoms with Crippen LogP contribution < -0.4 is 5.73 Å². The molecule has 0 spiro atoms. The number of rotatable bonds is 5. The van der Waals surface area contributed by atoms with Crippen LogP contribution in [0, 0.1) is 5.82 Å². The van der Waals surface area contributed by atoms with E-state index in [9.17, 15) is 4.39 Å². The summed E-state index contributed by atoms with van der Waals surface area (Å²) in [5.41, 5.74) is 7.87. The van der Waals surface area contributed by atoms with Gasteiger partial charge in [-0.25, -0.2) is 4.39 Å². The zero-order valence-corrected chi connectivity index (χ0v) is 12.7. The van der Waals surface area contributed by atoms with Crippen molar-refractivity contribution in [2.24, 2.45) is 5.73 Å². The van der Waals surface area contributed by atoms with Crippen molar-refractivity contribution in [2.75, 3.05) is 6.54 Å². The fraction of sp³-hybridized carbons (Fsp3) is 0.294. The van der Waals surface area contributed by atoms with Crippen molar-refractivity contribution in [1.82, 2.24) is 0 Å². The van der Waals surface area contributed by atoms with Crippen LogP contribution in [-0.4, -0.2) is 6.54 Å². The molecule has 0 bridgehead atoms. The van der Waals surface area contributed by atoms with Gasteiger partial charge in [-0.05, 0) is 48.2 Å². The summed E-state index contributed by atoms with van der Waals surface area (Å²) in [6, 6.07) is 13.5. The molecule has 0 aliphatic rings. The summed E-state index contributed by atoms with van der Waals surface area (Å²) in [5.74, 6) is 0.337. The molecule has 0 saturated heterocycles. The Morgan fingerprint density at radius 1 is 1.10 bits per heavy atom. The maximum atomic E-state index is 14.0. The van der Waals surface area contributed by atoms with E-state index in [1.54, 1.807) is 6.07 Å². The second-order valence-corrected chi connectivity index (χ2v) is 6.18. The molecule has 0 aliphatic carbocycles. The molecule has 2 N–H and O–H groups in total. The van der Waals surface area contributed by atoms with E-state index in [4.69, 9.17) is 5.73 Å². The molecule has 2 aromatic carbocycles. The highest BCUT2D eigenvalue weighted by molar-refractivity contribution is 7.99. The first kappa shape index (κ1) is 15.1. The van der Waals surface area contributed by atoms with Crippen LogP contribution in [0.25, 0.3) is 0 Å².